The molecule has 0 spiro atoms. The van der Waals surface area contributed by atoms with Crippen molar-refractivity contribution in [1.29, 1.82) is 0 Å². The molecule has 0 aliphatic heterocycles. The zero-order valence-corrected chi connectivity index (χ0v) is 18.7. The molecule has 0 amide bonds. The summed E-state index contributed by atoms with van der Waals surface area (Å²) in [5.41, 5.74) is 5.10. The zero-order valence-electron chi connectivity index (χ0n) is 18.7. The first-order valence-corrected chi connectivity index (χ1v) is 10.4. The molecule has 0 atom stereocenters. The van der Waals surface area contributed by atoms with Crippen molar-refractivity contribution in [3.05, 3.63) is 65.5 Å². The van der Waals surface area contributed by atoms with Gasteiger partial charge in [0.1, 0.15) is 5.69 Å². The summed E-state index contributed by atoms with van der Waals surface area (Å²) < 4.78 is 6.17. The molecule has 30 heavy (non-hydrogen) atoms. The van der Waals surface area contributed by atoms with Crippen LogP contribution < -0.4 is 0 Å². The van der Waals surface area contributed by atoms with Crippen LogP contribution in [0.3, 0.4) is 0 Å². The molecule has 0 saturated heterocycles. The first-order valence-electron chi connectivity index (χ1n) is 10.4. The fourth-order valence-corrected chi connectivity index (χ4v) is 3.30. The van der Waals surface area contributed by atoms with Gasteiger partial charge in [0.2, 0.25) is 0 Å². The normalized spacial score (nSPS) is 12.2. The molecule has 0 unspecified atom stereocenters. The van der Waals surface area contributed by atoms with Gasteiger partial charge in [-0.1, -0.05) is 77.9 Å². The lowest BCUT2D eigenvalue weighted by Gasteiger charge is -2.26. The summed E-state index contributed by atoms with van der Waals surface area (Å²) >= 11 is 0. The summed E-state index contributed by atoms with van der Waals surface area (Å²) in [5.74, 6) is 0.281. The van der Waals surface area contributed by atoms with Crippen molar-refractivity contribution < 1.29 is 14.3 Å². The zero-order chi connectivity index (χ0) is 22.1. The molecule has 1 N–H and O–H groups in total. The quantitative estimate of drug-likeness (QED) is 0.518. The third kappa shape index (κ3) is 4.99. The van der Waals surface area contributed by atoms with Crippen LogP contribution in [-0.4, -0.2) is 16.1 Å². The second kappa shape index (κ2) is 8.10. The van der Waals surface area contributed by atoms with E-state index in [4.69, 9.17) is 9.52 Å². The molecule has 0 radical (unpaired) electrons. The molecule has 1 heterocycles. The predicted octanol–water partition coefficient (Wildman–Crippen LogP) is 6.62. The number of carboxylic acid groups (broad SMARTS) is 1. The summed E-state index contributed by atoms with van der Waals surface area (Å²) in [5, 5.41) is 9.07. The lowest BCUT2D eigenvalue weighted by molar-refractivity contribution is -0.137. The van der Waals surface area contributed by atoms with Gasteiger partial charge in [0.15, 0.2) is 11.7 Å². The largest absolute Gasteiger partial charge is 0.481 e. The fraction of sp³-hybridized carbons (Fsp3) is 0.385. The number of benzene rings is 2. The van der Waals surface area contributed by atoms with Gasteiger partial charge in [0, 0.05) is 17.5 Å². The number of hydrogen-bond donors (Lipinski definition) is 1. The second-order valence-electron chi connectivity index (χ2n) is 9.84. The Morgan fingerprint density at radius 3 is 1.97 bits per heavy atom. The van der Waals surface area contributed by atoms with E-state index in [1.807, 2.05) is 30.3 Å². The third-order valence-corrected chi connectivity index (χ3v) is 5.20. The Bertz CT molecular complexity index is 1000. The van der Waals surface area contributed by atoms with Crippen LogP contribution in [0.25, 0.3) is 22.6 Å². The number of rotatable bonds is 5. The Hall–Kier alpha value is -2.88. The minimum atomic E-state index is -0.860. The van der Waals surface area contributed by atoms with E-state index in [2.05, 4.69) is 64.7 Å². The third-order valence-electron chi connectivity index (χ3n) is 5.20. The number of nitrogens with zero attached hydrogens (tertiary/aromatic N) is 1. The standard InChI is InChI=1S/C26H31NO3/c1-25(2,3)19-14-18(15-20(16-19)26(4,5)6)24-23(17-10-8-7-9-11-17)27-21(30-24)12-13-22(28)29/h7-11,14-16H,12-13H2,1-6H3,(H,28,29). The van der Waals surface area contributed by atoms with E-state index < -0.39 is 5.97 Å². The molecule has 0 bridgehead atoms. The SMILES string of the molecule is CC(C)(C)c1cc(-c2oc(CCC(=O)O)nc2-c2ccccc2)cc(C(C)(C)C)c1. The minimum Gasteiger partial charge on any atom is -0.481 e. The molecule has 2 aromatic carbocycles. The van der Waals surface area contributed by atoms with E-state index in [1.54, 1.807) is 0 Å². The Labute approximate surface area is 179 Å². The van der Waals surface area contributed by atoms with Crippen LogP contribution >= 0.6 is 0 Å². The van der Waals surface area contributed by atoms with Crippen molar-refractivity contribution in [2.24, 2.45) is 0 Å². The number of carboxylic acids is 1. The topological polar surface area (TPSA) is 63.3 Å². The molecule has 0 aliphatic carbocycles. The monoisotopic (exact) mass is 405 g/mol. The lowest BCUT2D eigenvalue weighted by atomic mass is 9.79. The molecule has 3 rings (SSSR count). The van der Waals surface area contributed by atoms with E-state index in [0.717, 1.165) is 16.8 Å². The van der Waals surface area contributed by atoms with Crippen molar-refractivity contribution in [2.45, 2.75) is 65.2 Å². The first kappa shape index (κ1) is 21.8. The van der Waals surface area contributed by atoms with Crippen LogP contribution in [0, 0.1) is 0 Å². The van der Waals surface area contributed by atoms with E-state index >= 15 is 0 Å². The lowest BCUT2D eigenvalue weighted by Crippen LogP contribution is -2.16. The van der Waals surface area contributed by atoms with Gasteiger partial charge in [0.05, 0.1) is 6.42 Å². The average molecular weight is 406 g/mol. The summed E-state index contributed by atoms with van der Waals surface area (Å²) in [6, 6.07) is 16.5. The van der Waals surface area contributed by atoms with E-state index in [1.165, 1.54) is 11.1 Å². The van der Waals surface area contributed by atoms with Gasteiger partial charge < -0.3 is 9.52 Å². The summed E-state index contributed by atoms with van der Waals surface area (Å²) in [4.78, 5) is 15.7. The molecule has 1 aromatic heterocycles. The van der Waals surface area contributed by atoms with Gasteiger partial charge in [-0.2, -0.15) is 0 Å². The van der Waals surface area contributed by atoms with Crippen LogP contribution in [0.15, 0.2) is 52.9 Å². The maximum absolute atomic E-state index is 11.0. The minimum absolute atomic E-state index is 0.0105. The summed E-state index contributed by atoms with van der Waals surface area (Å²) in [7, 11) is 0. The maximum atomic E-state index is 11.0. The van der Waals surface area contributed by atoms with Crippen molar-refractivity contribution in [2.75, 3.05) is 0 Å². The molecular weight excluding hydrogens is 374 g/mol. The van der Waals surface area contributed by atoms with Crippen LogP contribution in [-0.2, 0) is 22.0 Å². The van der Waals surface area contributed by atoms with Crippen molar-refractivity contribution >= 4 is 5.97 Å². The smallest absolute Gasteiger partial charge is 0.303 e. The molecule has 158 valence electrons. The first-order chi connectivity index (χ1) is 13.9. The van der Waals surface area contributed by atoms with Gasteiger partial charge in [-0.15, -0.1) is 0 Å². The number of aliphatic carboxylic acids is 1. The van der Waals surface area contributed by atoms with Gasteiger partial charge in [-0.3, -0.25) is 4.79 Å². The molecule has 0 aliphatic rings. The fourth-order valence-electron chi connectivity index (χ4n) is 3.30. The molecule has 0 fully saturated rings. The Morgan fingerprint density at radius 1 is 0.900 bits per heavy atom. The number of carbonyl (C=O) groups is 1. The number of aryl methyl sites for hydroxylation is 1. The number of aromatic nitrogens is 1. The Kier molecular flexibility index (Phi) is 5.89. The highest BCUT2D eigenvalue weighted by molar-refractivity contribution is 5.78. The maximum Gasteiger partial charge on any atom is 0.303 e. The average Bonchev–Trinajstić information content (AvgIpc) is 3.10. The predicted molar refractivity (Wildman–Crippen MR) is 121 cm³/mol. The molecule has 3 aromatic rings. The molecule has 4 heteroatoms. The highest BCUT2D eigenvalue weighted by Crippen LogP contribution is 2.38. The summed E-state index contributed by atoms with van der Waals surface area (Å²) in [6.07, 6.45) is 0.254. The van der Waals surface area contributed by atoms with Gasteiger partial charge in [0.25, 0.3) is 0 Å². The van der Waals surface area contributed by atoms with Gasteiger partial charge in [-0.05, 0) is 34.1 Å². The van der Waals surface area contributed by atoms with Gasteiger partial charge in [-0.25, -0.2) is 4.98 Å². The van der Waals surface area contributed by atoms with Crippen LogP contribution in [0.2, 0.25) is 0 Å². The van der Waals surface area contributed by atoms with Crippen LogP contribution in [0.5, 0.6) is 0 Å². The Morgan fingerprint density at radius 2 is 1.47 bits per heavy atom. The van der Waals surface area contributed by atoms with Crippen molar-refractivity contribution in [1.82, 2.24) is 4.98 Å². The van der Waals surface area contributed by atoms with Crippen LogP contribution in [0.1, 0.15) is 65.0 Å². The van der Waals surface area contributed by atoms with Gasteiger partial charge >= 0.3 is 5.97 Å². The molecule has 4 nitrogen and oxygen atoms in total. The second-order valence-corrected chi connectivity index (χ2v) is 9.84. The van der Waals surface area contributed by atoms with E-state index in [-0.39, 0.29) is 23.7 Å². The van der Waals surface area contributed by atoms with E-state index in [0.29, 0.717) is 11.7 Å². The Balaban J connectivity index is 2.21. The van der Waals surface area contributed by atoms with Crippen molar-refractivity contribution in [3.63, 3.8) is 0 Å². The number of oxazole rings is 1. The molecule has 0 saturated carbocycles. The van der Waals surface area contributed by atoms with E-state index in [9.17, 15) is 4.79 Å². The number of hydrogen-bond acceptors (Lipinski definition) is 3. The van der Waals surface area contributed by atoms with Crippen LogP contribution in [0.4, 0.5) is 0 Å². The highest BCUT2D eigenvalue weighted by Gasteiger charge is 2.24. The van der Waals surface area contributed by atoms with Crippen molar-refractivity contribution in [3.8, 4) is 22.6 Å². The summed E-state index contributed by atoms with van der Waals surface area (Å²) in [6.45, 7) is 13.2. The highest BCUT2D eigenvalue weighted by atomic mass is 16.4. The molecular formula is C26H31NO3.